The molecule has 0 spiro atoms. The summed E-state index contributed by atoms with van der Waals surface area (Å²) in [7, 11) is 0. The highest BCUT2D eigenvalue weighted by molar-refractivity contribution is 6.35. The zero-order valence-corrected chi connectivity index (χ0v) is 11.4. The van der Waals surface area contributed by atoms with Crippen LogP contribution < -0.4 is 4.74 Å². The van der Waals surface area contributed by atoms with Crippen LogP contribution in [0.1, 0.15) is 10.5 Å². The van der Waals surface area contributed by atoms with Crippen molar-refractivity contribution in [2.24, 2.45) is 0 Å². The summed E-state index contributed by atoms with van der Waals surface area (Å²) < 4.78 is 5.59. The number of rotatable bonds is 3. The van der Waals surface area contributed by atoms with E-state index in [9.17, 15) is 4.79 Å². The first-order valence-electron chi connectivity index (χ1n) is 6.06. The van der Waals surface area contributed by atoms with Gasteiger partial charge in [0.15, 0.2) is 5.69 Å². The second kappa shape index (κ2) is 5.38. The van der Waals surface area contributed by atoms with Crippen LogP contribution in [0.5, 0.6) is 11.8 Å². The van der Waals surface area contributed by atoms with E-state index in [0.29, 0.717) is 10.8 Å². The molecule has 3 rings (SSSR count). The summed E-state index contributed by atoms with van der Waals surface area (Å²) in [6.45, 7) is 0. The number of halogens is 1. The maximum Gasteiger partial charge on any atom is 0.354 e. The van der Waals surface area contributed by atoms with E-state index in [2.05, 4.69) is 9.97 Å². The molecule has 1 heterocycles. The predicted octanol–water partition coefficient (Wildman–Crippen LogP) is 3.77. The third-order valence-corrected chi connectivity index (χ3v) is 3.21. The molecule has 21 heavy (non-hydrogen) atoms. The number of aromatic nitrogens is 2. The van der Waals surface area contributed by atoms with Gasteiger partial charge in [-0.05, 0) is 18.2 Å². The van der Waals surface area contributed by atoms with E-state index in [0.717, 1.165) is 10.8 Å². The molecule has 0 saturated carbocycles. The number of fused-ring (bicyclic) bond motifs is 1. The summed E-state index contributed by atoms with van der Waals surface area (Å²) in [4.78, 5) is 18.6. The lowest BCUT2D eigenvalue weighted by Crippen LogP contribution is -2.02. The van der Waals surface area contributed by atoms with Gasteiger partial charge in [-0.25, -0.2) is 9.78 Å². The quantitative estimate of drug-likeness (QED) is 0.797. The highest BCUT2D eigenvalue weighted by Gasteiger charge is 2.10. The maximum absolute atomic E-state index is 10.9. The number of benzene rings is 2. The molecule has 1 aromatic heterocycles. The first-order valence-corrected chi connectivity index (χ1v) is 6.44. The van der Waals surface area contributed by atoms with Crippen LogP contribution in [-0.4, -0.2) is 21.0 Å². The topological polar surface area (TPSA) is 72.3 Å². The van der Waals surface area contributed by atoms with Crippen molar-refractivity contribution >= 4 is 28.3 Å². The van der Waals surface area contributed by atoms with Gasteiger partial charge in [-0.15, -0.1) is 0 Å². The van der Waals surface area contributed by atoms with Crippen LogP contribution in [0, 0.1) is 0 Å². The summed E-state index contributed by atoms with van der Waals surface area (Å²) >= 11 is 6.13. The molecule has 3 aromatic rings. The van der Waals surface area contributed by atoms with Crippen molar-refractivity contribution in [2.45, 2.75) is 0 Å². The molecule has 5 nitrogen and oxygen atoms in total. The summed E-state index contributed by atoms with van der Waals surface area (Å²) in [5.41, 5.74) is -0.127. The molecular formula is C15H9ClN2O3. The molecule has 104 valence electrons. The zero-order valence-electron chi connectivity index (χ0n) is 10.7. The minimum Gasteiger partial charge on any atom is -0.477 e. The summed E-state index contributed by atoms with van der Waals surface area (Å²) in [5, 5.41) is 11.2. The Balaban J connectivity index is 2.04. The minimum absolute atomic E-state index is 0.0256. The van der Waals surface area contributed by atoms with E-state index in [4.69, 9.17) is 21.4 Å². The molecule has 0 fully saturated rings. The van der Waals surface area contributed by atoms with Crippen LogP contribution in [-0.2, 0) is 0 Å². The van der Waals surface area contributed by atoms with Crippen molar-refractivity contribution in [3.05, 3.63) is 59.4 Å². The number of hydrogen-bond acceptors (Lipinski definition) is 4. The van der Waals surface area contributed by atoms with Crippen LogP contribution in [0.15, 0.2) is 48.7 Å². The Morgan fingerprint density at radius 3 is 2.62 bits per heavy atom. The number of ether oxygens (including phenoxy) is 1. The van der Waals surface area contributed by atoms with Crippen molar-refractivity contribution in [1.29, 1.82) is 0 Å². The molecule has 6 heteroatoms. The van der Waals surface area contributed by atoms with Gasteiger partial charge in [0.05, 0.1) is 0 Å². The fourth-order valence-electron chi connectivity index (χ4n) is 1.93. The number of carboxylic acid groups (broad SMARTS) is 1. The predicted molar refractivity (Wildman–Crippen MR) is 78.0 cm³/mol. The lowest BCUT2D eigenvalue weighted by atomic mass is 10.1. The van der Waals surface area contributed by atoms with E-state index in [1.807, 2.05) is 24.3 Å². The summed E-state index contributed by atoms with van der Waals surface area (Å²) in [6.07, 6.45) is 1.34. The average Bonchev–Trinajstić information content (AvgIpc) is 2.51. The Morgan fingerprint density at radius 2 is 1.86 bits per heavy atom. The number of aromatic carboxylic acids is 1. The number of nitrogens with zero attached hydrogens (tertiary/aromatic N) is 2. The van der Waals surface area contributed by atoms with Crippen LogP contribution in [0.2, 0.25) is 5.02 Å². The van der Waals surface area contributed by atoms with E-state index in [-0.39, 0.29) is 11.7 Å². The molecule has 0 atom stereocenters. The molecule has 0 aliphatic carbocycles. The molecule has 0 radical (unpaired) electrons. The third kappa shape index (κ3) is 2.64. The van der Waals surface area contributed by atoms with Gasteiger partial charge in [0.25, 0.3) is 0 Å². The standard InChI is InChI=1S/C15H9ClN2O3/c16-11-5-6-13(10-4-2-1-3-9(10)11)21-15-17-8-7-12(18-15)14(19)20/h1-8H,(H,19,20). The molecule has 2 aromatic carbocycles. The van der Waals surface area contributed by atoms with E-state index in [1.54, 1.807) is 12.1 Å². The van der Waals surface area contributed by atoms with Gasteiger partial charge in [-0.2, -0.15) is 4.98 Å². The van der Waals surface area contributed by atoms with Gasteiger partial charge in [0.2, 0.25) is 0 Å². The van der Waals surface area contributed by atoms with Crippen LogP contribution >= 0.6 is 11.6 Å². The molecule has 0 aliphatic rings. The maximum atomic E-state index is 10.9. The number of hydrogen-bond donors (Lipinski definition) is 1. The van der Waals surface area contributed by atoms with Crippen LogP contribution in [0.3, 0.4) is 0 Å². The molecule has 0 aliphatic heterocycles. The number of carbonyl (C=O) groups is 1. The second-order valence-corrected chi connectivity index (χ2v) is 4.63. The van der Waals surface area contributed by atoms with Gasteiger partial charge in [0, 0.05) is 22.0 Å². The summed E-state index contributed by atoms with van der Waals surface area (Å²) in [6, 6.07) is 12.1. The fraction of sp³-hybridized carbons (Fsp3) is 0. The Bertz CT molecular complexity index is 836. The fourth-order valence-corrected chi connectivity index (χ4v) is 2.16. The third-order valence-electron chi connectivity index (χ3n) is 2.88. The first-order chi connectivity index (χ1) is 10.1. The van der Waals surface area contributed by atoms with Crippen molar-refractivity contribution < 1.29 is 14.6 Å². The second-order valence-electron chi connectivity index (χ2n) is 4.22. The van der Waals surface area contributed by atoms with E-state index in [1.165, 1.54) is 12.3 Å². The van der Waals surface area contributed by atoms with Crippen molar-refractivity contribution in [3.8, 4) is 11.8 Å². The molecular weight excluding hydrogens is 292 g/mol. The Labute approximate surface area is 124 Å². The van der Waals surface area contributed by atoms with Gasteiger partial charge in [-0.1, -0.05) is 35.9 Å². The Kier molecular flexibility index (Phi) is 3.41. The highest BCUT2D eigenvalue weighted by Crippen LogP contribution is 2.33. The lowest BCUT2D eigenvalue weighted by Gasteiger charge is -2.08. The van der Waals surface area contributed by atoms with Crippen molar-refractivity contribution in [1.82, 2.24) is 9.97 Å². The smallest absolute Gasteiger partial charge is 0.354 e. The monoisotopic (exact) mass is 300 g/mol. The summed E-state index contributed by atoms with van der Waals surface area (Å²) in [5.74, 6) is -0.624. The van der Waals surface area contributed by atoms with Gasteiger partial charge >= 0.3 is 12.0 Å². The highest BCUT2D eigenvalue weighted by atomic mass is 35.5. The molecule has 0 bridgehead atoms. The van der Waals surface area contributed by atoms with Crippen LogP contribution in [0.4, 0.5) is 0 Å². The van der Waals surface area contributed by atoms with Crippen LogP contribution in [0.25, 0.3) is 10.8 Å². The Morgan fingerprint density at radius 1 is 1.10 bits per heavy atom. The Hall–Kier alpha value is -2.66. The average molecular weight is 301 g/mol. The first kappa shape index (κ1) is 13.3. The molecule has 0 amide bonds. The van der Waals surface area contributed by atoms with Gasteiger partial charge in [-0.3, -0.25) is 0 Å². The molecule has 0 unspecified atom stereocenters. The van der Waals surface area contributed by atoms with Gasteiger partial charge in [0.1, 0.15) is 5.75 Å². The van der Waals surface area contributed by atoms with Crippen molar-refractivity contribution in [2.75, 3.05) is 0 Å². The normalized spacial score (nSPS) is 10.5. The minimum atomic E-state index is -1.14. The van der Waals surface area contributed by atoms with E-state index >= 15 is 0 Å². The largest absolute Gasteiger partial charge is 0.477 e. The molecule has 1 N–H and O–H groups in total. The van der Waals surface area contributed by atoms with Gasteiger partial charge < -0.3 is 9.84 Å². The van der Waals surface area contributed by atoms with E-state index < -0.39 is 5.97 Å². The van der Waals surface area contributed by atoms with Crippen molar-refractivity contribution in [3.63, 3.8) is 0 Å². The zero-order chi connectivity index (χ0) is 14.8. The number of carboxylic acids is 1. The molecule has 0 saturated heterocycles. The lowest BCUT2D eigenvalue weighted by molar-refractivity contribution is 0.0689. The SMILES string of the molecule is O=C(O)c1ccnc(Oc2ccc(Cl)c3ccccc23)n1.